The molecule has 7 heteroatoms. The molecule has 174 valence electrons. The zero-order chi connectivity index (χ0) is 24.5. The summed E-state index contributed by atoms with van der Waals surface area (Å²) in [6.07, 6.45) is -0.0751. The number of pyridine rings is 1. The average molecular weight is 452 g/mol. The third-order valence-electron chi connectivity index (χ3n) is 5.51. The van der Waals surface area contributed by atoms with Crippen molar-refractivity contribution in [2.45, 2.75) is 46.6 Å². The van der Waals surface area contributed by atoms with Crippen LogP contribution in [-0.2, 0) is 6.42 Å². The molecule has 0 aliphatic rings. The lowest BCUT2D eigenvalue weighted by Crippen LogP contribution is -2.44. The number of ether oxygens (including phenoxy) is 1. The van der Waals surface area contributed by atoms with E-state index in [9.17, 15) is 9.59 Å². The number of fused-ring (bicyclic) bond motifs is 1. The van der Waals surface area contributed by atoms with Gasteiger partial charge in [0.25, 0.3) is 0 Å². The van der Waals surface area contributed by atoms with Crippen LogP contribution in [0.4, 0.5) is 9.18 Å². The van der Waals surface area contributed by atoms with Gasteiger partial charge in [-0.3, -0.25) is 4.79 Å². The first-order chi connectivity index (χ1) is 15.4. The normalized spacial score (nSPS) is 11.6. The first-order valence-electron chi connectivity index (χ1n) is 10.9. The average Bonchev–Trinajstić information content (AvgIpc) is 2.72. The molecule has 0 aliphatic heterocycles. The predicted octanol–water partition coefficient (Wildman–Crippen LogP) is 5.57. The van der Waals surface area contributed by atoms with Crippen molar-refractivity contribution < 1.29 is 18.7 Å². The Morgan fingerprint density at radius 2 is 1.82 bits per heavy atom. The fourth-order valence-electron chi connectivity index (χ4n) is 3.45. The van der Waals surface area contributed by atoms with Gasteiger partial charge < -0.3 is 15.4 Å². The van der Waals surface area contributed by atoms with E-state index in [4.69, 9.17) is 15.5 Å². The van der Waals surface area contributed by atoms with E-state index in [0.29, 0.717) is 28.6 Å². The molecule has 3 rings (SSSR count). The van der Waals surface area contributed by atoms with Crippen LogP contribution in [0.15, 0.2) is 42.5 Å². The van der Waals surface area contributed by atoms with Crippen molar-refractivity contribution in [2.24, 2.45) is 11.7 Å². The maximum absolute atomic E-state index is 15.1. The van der Waals surface area contributed by atoms with Gasteiger partial charge in [0.2, 0.25) is 5.91 Å². The smallest absolute Gasteiger partial charge is 0.408 e. The van der Waals surface area contributed by atoms with Crippen LogP contribution in [0.2, 0.25) is 0 Å². The summed E-state index contributed by atoms with van der Waals surface area (Å²) >= 11 is 0. The van der Waals surface area contributed by atoms with E-state index >= 15 is 4.39 Å². The Morgan fingerprint density at radius 1 is 1.15 bits per heavy atom. The second-order valence-electron chi connectivity index (χ2n) is 9.53. The van der Waals surface area contributed by atoms with Gasteiger partial charge in [0.15, 0.2) is 5.75 Å². The number of hydrogen-bond acceptors (Lipinski definition) is 4. The second kappa shape index (κ2) is 9.17. The number of primary amides is 1. The highest BCUT2D eigenvalue weighted by molar-refractivity contribution is 6.04. The SMILES string of the molecule is CC(C)Cc1nc2ccc(C(N)=O)cc2c(-c2ccccc2F)c1OC(=O)N(C)C(C)(C)C. The fourth-order valence-corrected chi connectivity index (χ4v) is 3.45. The van der Waals surface area contributed by atoms with Crippen LogP contribution in [0.1, 0.15) is 50.7 Å². The number of rotatable bonds is 5. The van der Waals surface area contributed by atoms with Crippen LogP contribution >= 0.6 is 0 Å². The van der Waals surface area contributed by atoms with Gasteiger partial charge in [-0.2, -0.15) is 0 Å². The van der Waals surface area contributed by atoms with Gasteiger partial charge in [0.05, 0.1) is 11.2 Å². The molecule has 0 radical (unpaired) electrons. The number of amides is 2. The van der Waals surface area contributed by atoms with Crippen molar-refractivity contribution in [2.75, 3.05) is 7.05 Å². The van der Waals surface area contributed by atoms with Crippen LogP contribution in [-0.4, -0.2) is 34.5 Å². The van der Waals surface area contributed by atoms with Crippen LogP contribution < -0.4 is 10.5 Å². The molecule has 1 aromatic heterocycles. The molecule has 3 aromatic rings. The second-order valence-corrected chi connectivity index (χ2v) is 9.53. The van der Waals surface area contributed by atoms with E-state index in [1.807, 2.05) is 34.6 Å². The lowest BCUT2D eigenvalue weighted by molar-refractivity contribution is 0.1000. The van der Waals surface area contributed by atoms with Gasteiger partial charge >= 0.3 is 6.09 Å². The number of hydrogen-bond donors (Lipinski definition) is 1. The van der Waals surface area contributed by atoms with Crippen molar-refractivity contribution in [3.8, 4) is 16.9 Å². The van der Waals surface area contributed by atoms with Crippen LogP contribution in [0, 0.1) is 11.7 Å². The zero-order valence-corrected chi connectivity index (χ0v) is 19.9. The zero-order valence-electron chi connectivity index (χ0n) is 19.9. The monoisotopic (exact) mass is 451 g/mol. The molecule has 0 bridgehead atoms. The van der Waals surface area contributed by atoms with E-state index in [1.54, 1.807) is 43.4 Å². The Hall–Kier alpha value is -3.48. The number of carbonyl (C=O) groups excluding carboxylic acids is 2. The molecule has 2 amide bonds. The quantitative estimate of drug-likeness (QED) is 0.550. The topological polar surface area (TPSA) is 85.5 Å². The number of carbonyl (C=O) groups is 2. The maximum Gasteiger partial charge on any atom is 0.415 e. The number of nitrogens with two attached hydrogens (primary N) is 1. The van der Waals surface area contributed by atoms with Crippen LogP contribution in [0.25, 0.3) is 22.0 Å². The Balaban J connectivity index is 2.39. The molecule has 0 saturated heterocycles. The molecule has 0 unspecified atom stereocenters. The van der Waals surface area contributed by atoms with Crippen LogP contribution in [0.3, 0.4) is 0 Å². The van der Waals surface area contributed by atoms with E-state index in [0.717, 1.165) is 0 Å². The van der Waals surface area contributed by atoms with Crippen molar-refractivity contribution in [3.05, 3.63) is 59.5 Å². The summed E-state index contributed by atoms with van der Waals surface area (Å²) in [5, 5.41) is 0.477. The van der Waals surface area contributed by atoms with E-state index in [2.05, 4.69) is 0 Å². The van der Waals surface area contributed by atoms with Crippen molar-refractivity contribution in [1.29, 1.82) is 0 Å². The highest BCUT2D eigenvalue weighted by atomic mass is 19.1. The van der Waals surface area contributed by atoms with Gasteiger partial charge in [-0.1, -0.05) is 32.0 Å². The van der Waals surface area contributed by atoms with E-state index in [1.165, 1.54) is 11.0 Å². The number of halogens is 1. The molecule has 33 heavy (non-hydrogen) atoms. The summed E-state index contributed by atoms with van der Waals surface area (Å²) in [5.74, 6) is -0.713. The Labute approximate surface area is 193 Å². The molecule has 0 aliphatic carbocycles. The summed E-state index contributed by atoms with van der Waals surface area (Å²) < 4.78 is 21.0. The largest absolute Gasteiger partial charge is 0.415 e. The van der Waals surface area contributed by atoms with Crippen molar-refractivity contribution in [3.63, 3.8) is 0 Å². The minimum Gasteiger partial charge on any atom is -0.408 e. The summed E-state index contributed by atoms with van der Waals surface area (Å²) in [5.41, 5.74) is 6.97. The Bertz CT molecular complexity index is 1220. The molecule has 1 heterocycles. The fraction of sp³-hybridized carbons (Fsp3) is 0.346. The highest BCUT2D eigenvalue weighted by Gasteiger charge is 2.28. The molecule has 0 atom stereocenters. The molecular weight excluding hydrogens is 421 g/mol. The number of aromatic nitrogens is 1. The van der Waals surface area contributed by atoms with Gasteiger partial charge in [-0.15, -0.1) is 0 Å². The molecule has 2 aromatic carbocycles. The summed E-state index contributed by atoms with van der Waals surface area (Å²) in [6.45, 7) is 9.71. The van der Waals surface area contributed by atoms with Crippen LogP contribution in [0.5, 0.6) is 5.75 Å². The molecule has 6 nitrogen and oxygen atoms in total. The first kappa shape index (κ1) is 24.2. The molecule has 2 N–H and O–H groups in total. The van der Waals surface area contributed by atoms with E-state index in [-0.39, 0.29) is 22.8 Å². The third-order valence-corrected chi connectivity index (χ3v) is 5.51. The molecule has 0 saturated carbocycles. The Morgan fingerprint density at radius 3 is 2.39 bits per heavy atom. The number of nitrogens with zero attached hydrogens (tertiary/aromatic N) is 2. The Kier molecular flexibility index (Phi) is 6.72. The van der Waals surface area contributed by atoms with Crippen molar-refractivity contribution in [1.82, 2.24) is 9.88 Å². The summed E-state index contributed by atoms with van der Waals surface area (Å²) in [4.78, 5) is 31.2. The van der Waals surface area contributed by atoms with Crippen molar-refractivity contribution >= 4 is 22.9 Å². The molecular formula is C26H30FN3O3. The van der Waals surface area contributed by atoms with Gasteiger partial charge in [0, 0.05) is 34.7 Å². The lowest BCUT2D eigenvalue weighted by Gasteiger charge is -2.31. The highest BCUT2D eigenvalue weighted by Crippen LogP contribution is 2.41. The lowest BCUT2D eigenvalue weighted by atomic mass is 9.94. The molecule has 0 spiro atoms. The minimum atomic E-state index is -0.617. The van der Waals surface area contributed by atoms with Gasteiger partial charge in [-0.05, 0) is 57.4 Å². The molecule has 0 fully saturated rings. The third kappa shape index (κ3) is 5.13. The number of benzene rings is 2. The minimum absolute atomic E-state index is 0.184. The first-order valence-corrected chi connectivity index (χ1v) is 10.9. The van der Waals surface area contributed by atoms with E-state index < -0.39 is 23.4 Å². The summed E-state index contributed by atoms with van der Waals surface area (Å²) in [6, 6.07) is 11.1. The van der Waals surface area contributed by atoms with Gasteiger partial charge in [0.1, 0.15) is 5.82 Å². The maximum atomic E-state index is 15.1. The van der Waals surface area contributed by atoms with Gasteiger partial charge in [-0.25, -0.2) is 14.2 Å². The predicted molar refractivity (Wildman–Crippen MR) is 128 cm³/mol. The standard InChI is InChI=1S/C26H30FN3O3/c1-15(2)13-21-23(33-25(32)30(6)26(3,4)5)22(17-9-7-8-10-19(17)27)18-14-16(24(28)31)11-12-20(18)29-21/h7-12,14-15H,13H2,1-6H3,(H2,28,31). The summed E-state index contributed by atoms with van der Waals surface area (Å²) in [7, 11) is 1.65.